The zero-order chi connectivity index (χ0) is 32.1. The van der Waals surface area contributed by atoms with Gasteiger partial charge < -0.3 is 38.3 Å². The average molecular weight is 631 g/mol. The highest BCUT2D eigenvalue weighted by Gasteiger charge is 2.80. The van der Waals surface area contributed by atoms with E-state index in [0.29, 0.717) is 30.8 Å². The minimum Gasteiger partial charge on any atom is -0.462 e. The Kier molecular flexibility index (Phi) is 9.02. The quantitative estimate of drug-likeness (QED) is 0.249. The molecule has 1 N–H and O–H groups in total. The van der Waals surface area contributed by atoms with Crippen molar-refractivity contribution in [1.82, 2.24) is 0 Å². The largest absolute Gasteiger partial charge is 0.508 e. The zero-order valence-corrected chi connectivity index (χ0v) is 27.5. The Hall–Kier alpha value is -2.24. The second kappa shape index (κ2) is 12.4. The van der Waals surface area contributed by atoms with Gasteiger partial charge in [0.2, 0.25) is 0 Å². The maximum absolute atomic E-state index is 14.3. The molecule has 0 aromatic carbocycles. The molecule has 5 heterocycles. The van der Waals surface area contributed by atoms with Crippen LogP contribution in [0.1, 0.15) is 86.5 Å². The number of epoxide rings is 1. The number of hydrogen-bond acceptors (Lipinski definition) is 10. The summed E-state index contributed by atoms with van der Waals surface area (Å²) < 4.78 is 42.8. The number of hydrogen-bond donors (Lipinski definition) is 1. The molecule has 5 aliphatic heterocycles. The fourth-order valence-corrected chi connectivity index (χ4v) is 8.35. The molecule has 0 radical (unpaired) electrons. The van der Waals surface area contributed by atoms with Gasteiger partial charge in [-0.25, -0.2) is 4.79 Å². The predicted octanol–water partition coefficient (Wildman–Crippen LogP) is 5.32. The van der Waals surface area contributed by atoms with Crippen molar-refractivity contribution in [2.75, 3.05) is 13.2 Å². The van der Waals surface area contributed by atoms with Gasteiger partial charge in [0.05, 0.1) is 25.4 Å². The third-order valence-electron chi connectivity index (χ3n) is 10.8. The number of aliphatic hydroxyl groups is 1. The van der Waals surface area contributed by atoms with E-state index in [2.05, 4.69) is 39.8 Å². The fourth-order valence-electron chi connectivity index (χ4n) is 8.35. The van der Waals surface area contributed by atoms with Crippen LogP contribution in [0.15, 0.2) is 35.5 Å². The first-order valence-electron chi connectivity index (χ1n) is 16.9. The summed E-state index contributed by atoms with van der Waals surface area (Å²) in [6.45, 7) is 12.2. The molecule has 0 amide bonds. The molecule has 0 unspecified atom stereocenters. The van der Waals surface area contributed by atoms with E-state index in [1.807, 2.05) is 6.08 Å². The molecule has 2 bridgehead atoms. The van der Waals surface area contributed by atoms with Gasteiger partial charge in [0.25, 0.3) is 0 Å². The molecular weight excluding hydrogens is 580 g/mol. The highest BCUT2D eigenvalue weighted by atomic mass is 16.7. The molecule has 2 spiro atoms. The van der Waals surface area contributed by atoms with Gasteiger partial charge in [-0.15, -0.1) is 0 Å². The van der Waals surface area contributed by atoms with Crippen molar-refractivity contribution in [3.63, 3.8) is 0 Å². The van der Waals surface area contributed by atoms with Gasteiger partial charge in [0.1, 0.15) is 29.8 Å². The van der Waals surface area contributed by atoms with Crippen LogP contribution in [0.25, 0.3) is 0 Å². The molecule has 0 aromatic rings. The third kappa shape index (κ3) is 5.90. The van der Waals surface area contributed by atoms with Gasteiger partial charge in [-0.2, -0.15) is 0 Å². The van der Waals surface area contributed by atoms with Crippen molar-refractivity contribution in [2.24, 2.45) is 17.8 Å². The van der Waals surface area contributed by atoms with Crippen molar-refractivity contribution in [3.8, 4) is 0 Å². The van der Waals surface area contributed by atoms with Crippen LogP contribution < -0.4 is 0 Å². The number of fused-ring (bicyclic) bond motifs is 2. The Labute approximate surface area is 266 Å². The molecule has 10 nitrogen and oxygen atoms in total. The molecular formula is C35H50O10. The van der Waals surface area contributed by atoms with Crippen molar-refractivity contribution in [1.29, 1.82) is 0 Å². The van der Waals surface area contributed by atoms with E-state index in [0.717, 1.165) is 25.7 Å². The van der Waals surface area contributed by atoms with Crippen LogP contribution in [0.4, 0.5) is 4.79 Å². The molecule has 0 saturated carbocycles. The van der Waals surface area contributed by atoms with E-state index in [-0.39, 0.29) is 31.3 Å². The van der Waals surface area contributed by atoms with Gasteiger partial charge in [-0.05, 0) is 63.9 Å². The van der Waals surface area contributed by atoms with Crippen LogP contribution in [0, 0.1) is 17.8 Å². The van der Waals surface area contributed by atoms with Gasteiger partial charge >= 0.3 is 12.1 Å². The van der Waals surface area contributed by atoms with Crippen LogP contribution in [0.5, 0.6) is 0 Å². The van der Waals surface area contributed by atoms with Gasteiger partial charge in [0, 0.05) is 19.3 Å². The summed E-state index contributed by atoms with van der Waals surface area (Å²) in [4.78, 5) is 26.7. The molecule has 6 aliphatic rings. The van der Waals surface area contributed by atoms with Crippen molar-refractivity contribution < 1.29 is 47.9 Å². The lowest BCUT2D eigenvalue weighted by molar-refractivity contribution is -0.335. The monoisotopic (exact) mass is 630 g/mol. The number of rotatable bonds is 3. The van der Waals surface area contributed by atoms with E-state index in [9.17, 15) is 14.7 Å². The third-order valence-corrected chi connectivity index (χ3v) is 10.8. The Morgan fingerprint density at radius 1 is 1.11 bits per heavy atom. The topological polar surface area (TPSA) is 122 Å². The van der Waals surface area contributed by atoms with E-state index >= 15 is 0 Å². The maximum atomic E-state index is 14.3. The van der Waals surface area contributed by atoms with E-state index < -0.39 is 59.4 Å². The summed E-state index contributed by atoms with van der Waals surface area (Å²) >= 11 is 0. The van der Waals surface area contributed by atoms with Crippen LogP contribution in [0.3, 0.4) is 0 Å². The summed E-state index contributed by atoms with van der Waals surface area (Å²) in [5.41, 5.74) is -1.21. The number of esters is 1. The summed E-state index contributed by atoms with van der Waals surface area (Å²) in [5.74, 6) is -1.86. The molecule has 250 valence electrons. The summed E-state index contributed by atoms with van der Waals surface area (Å²) in [6.07, 6.45) is 9.08. The Balaban J connectivity index is 1.36. The van der Waals surface area contributed by atoms with Crippen LogP contribution in [-0.4, -0.2) is 84.1 Å². The molecule has 12 atom stereocenters. The van der Waals surface area contributed by atoms with Gasteiger partial charge in [-0.1, -0.05) is 50.6 Å². The average Bonchev–Trinajstić information content (AvgIpc) is 3.63. The van der Waals surface area contributed by atoms with Crippen molar-refractivity contribution >= 4 is 12.1 Å². The first kappa shape index (κ1) is 32.7. The molecule has 6 rings (SSSR count). The second-order valence-corrected chi connectivity index (χ2v) is 14.2. The first-order valence-corrected chi connectivity index (χ1v) is 16.9. The van der Waals surface area contributed by atoms with Gasteiger partial charge in [0.15, 0.2) is 17.5 Å². The van der Waals surface area contributed by atoms with E-state index in [1.165, 1.54) is 5.57 Å². The standard InChI is InChI=1S/C35H50O10/c1-7-27-22(5)13-14-33(44-27)18-25-17-24(43-33)11-9-20(3)15-21(4)10-12-28-34(45-28)19-40-30-29(42-32(37)39-8-2)23(6)16-26(31(36)41-25)35(30,34)38/h9-10,12,16,21-22,24-30,38H,7-8,11,13-15,17-19H2,1-6H3/b12-10-,20-9-/t21-,22-,24+,25-,26-,27+,28-,29+,30+,33+,34+,35+/m0/s1. The highest BCUT2D eigenvalue weighted by molar-refractivity contribution is 5.78. The van der Waals surface area contributed by atoms with Crippen LogP contribution in [0.2, 0.25) is 0 Å². The molecule has 4 saturated heterocycles. The molecule has 4 fully saturated rings. The smallest absolute Gasteiger partial charge is 0.462 e. The fraction of sp³-hybridized carbons (Fsp3) is 0.771. The molecule has 45 heavy (non-hydrogen) atoms. The van der Waals surface area contributed by atoms with Crippen LogP contribution in [-0.2, 0) is 38.0 Å². The summed E-state index contributed by atoms with van der Waals surface area (Å²) in [7, 11) is 0. The highest BCUT2D eigenvalue weighted by Crippen LogP contribution is 2.59. The lowest BCUT2D eigenvalue weighted by atomic mass is 9.67. The van der Waals surface area contributed by atoms with Crippen molar-refractivity contribution in [2.45, 2.75) is 140 Å². The van der Waals surface area contributed by atoms with Crippen molar-refractivity contribution in [3.05, 3.63) is 35.5 Å². The van der Waals surface area contributed by atoms with Crippen LogP contribution >= 0.6 is 0 Å². The Bertz CT molecular complexity index is 1240. The predicted molar refractivity (Wildman–Crippen MR) is 163 cm³/mol. The number of ether oxygens (including phenoxy) is 7. The number of carbonyl (C=O) groups excluding carboxylic acids is 2. The lowest BCUT2D eigenvalue weighted by Gasteiger charge is -2.50. The first-order chi connectivity index (χ1) is 21.4. The molecule has 0 aromatic heterocycles. The minimum absolute atomic E-state index is 0.0386. The normalized spacial score (nSPS) is 48.2. The SMILES string of the molecule is CCOC(=O)O[C@@H]1C(C)=C[C@H]2C(=O)O[C@H]3C[C@@H](C/C=C(/C)C[C@@H](C)/C=C\[C@@H]4O[C@]45CO[C@H]1[C@]25O)O[C@@]1(CC[C@H](C)[C@@H](CC)O1)C3. The maximum Gasteiger partial charge on any atom is 0.508 e. The number of carbonyl (C=O) groups is 2. The molecule has 10 heteroatoms. The summed E-state index contributed by atoms with van der Waals surface area (Å²) in [6, 6.07) is 0. The van der Waals surface area contributed by atoms with E-state index in [4.69, 9.17) is 33.2 Å². The van der Waals surface area contributed by atoms with E-state index in [1.54, 1.807) is 19.9 Å². The Morgan fingerprint density at radius 2 is 1.91 bits per heavy atom. The summed E-state index contributed by atoms with van der Waals surface area (Å²) in [5, 5.41) is 12.7. The zero-order valence-electron chi connectivity index (χ0n) is 27.5. The number of allylic oxidation sites excluding steroid dienone is 2. The Morgan fingerprint density at radius 3 is 2.67 bits per heavy atom. The lowest BCUT2D eigenvalue weighted by Crippen LogP contribution is -2.64. The molecule has 1 aliphatic carbocycles. The minimum atomic E-state index is -1.85. The van der Waals surface area contributed by atoms with Gasteiger partial charge in [-0.3, -0.25) is 4.79 Å². The second-order valence-electron chi connectivity index (χ2n) is 14.2.